The van der Waals surface area contributed by atoms with Crippen molar-refractivity contribution in [3.8, 4) is 0 Å². The summed E-state index contributed by atoms with van der Waals surface area (Å²) in [6.07, 6.45) is 1.55. The molecule has 1 aromatic rings. The van der Waals surface area contributed by atoms with Crippen molar-refractivity contribution in [1.29, 1.82) is 0 Å². The van der Waals surface area contributed by atoms with Crippen LogP contribution in [0.25, 0.3) is 0 Å². The van der Waals surface area contributed by atoms with Crippen LogP contribution < -0.4 is 10.9 Å². The topological polar surface area (TPSA) is 99.3 Å². The maximum atomic E-state index is 11.7. The highest BCUT2D eigenvalue weighted by Crippen LogP contribution is 2.15. The van der Waals surface area contributed by atoms with Crippen LogP contribution >= 0.6 is 15.9 Å². The number of rotatable bonds is 5. The van der Waals surface area contributed by atoms with Gasteiger partial charge in [-0.2, -0.15) is 0 Å². The van der Waals surface area contributed by atoms with Gasteiger partial charge < -0.3 is 15.4 Å². The average molecular weight is 317 g/mol. The Morgan fingerprint density at radius 2 is 2.17 bits per heavy atom. The maximum absolute atomic E-state index is 11.7. The van der Waals surface area contributed by atoms with Gasteiger partial charge in [0.25, 0.3) is 11.5 Å². The van der Waals surface area contributed by atoms with Gasteiger partial charge in [0.15, 0.2) is 0 Å². The maximum Gasteiger partial charge on any atom is 0.322 e. The van der Waals surface area contributed by atoms with Crippen molar-refractivity contribution >= 4 is 27.8 Å². The highest BCUT2D eigenvalue weighted by Gasteiger charge is 2.14. The first kappa shape index (κ1) is 14.4. The van der Waals surface area contributed by atoms with Crippen LogP contribution in [-0.2, 0) is 11.2 Å². The number of carbonyl (C=O) groups is 2. The Hall–Kier alpha value is -1.63. The van der Waals surface area contributed by atoms with E-state index in [1.165, 1.54) is 6.07 Å². The highest BCUT2D eigenvalue weighted by molar-refractivity contribution is 9.10. The zero-order valence-electron chi connectivity index (χ0n) is 9.75. The number of aliphatic carboxylic acids is 1. The molecule has 0 aliphatic rings. The molecule has 0 spiro atoms. The van der Waals surface area contributed by atoms with Gasteiger partial charge in [-0.15, -0.1) is 0 Å². The van der Waals surface area contributed by atoms with E-state index in [9.17, 15) is 14.4 Å². The first-order valence-corrected chi connectivity index (χ1v) is 6.16. The van der Waals surface area contributed by atoms with Crippen LogP contribution in [0.3, 0.4) is 0 Å². The van der Waals surface area contributed by atoms with E-state index >= 15 is 0 Å². The second kappa shape index (κ2) is 6.34. The van der Waals surface area contributed by atoms with E-state index in [1.807, 2.05) is 6.92 Å². The summed E-state index contributed by atoms with van der Waals surface area (Å²) in [6, 6.07) is 1.40. The van der Waals surface area contributed by atoms with Crippen molar-refractivity contribution in [2.24, 2.45) is 0 Å². The molecule has 0 aromatic carbocycles. The lowest BCUT2D eigenvalue weighted by Gasteiger charge is -2.06. The van der Waals surface area contributed by atoms with Crippen molar-refractivity contribution in [2.45, 2.75) is 19.8 Å². The number of aryl methyl sites for hydroxylation is 1. The predicted octanol–water partition coefficient (Wildman–Crippen LogP) is 0.904. The van der Waals surface area contributed by atoms with Gasteiger partial charge in [-0.3, -0.25) is 14.4 Å². The minimum atomic E-state index is -1.17. The number of H-pyrrole nitrogens is 1. The second-order valence-electron chi connectivity index (χ2n) is 3.67. The number of aromatic amines is 1. The summed E-state index contributed by atoms with van der Waals surface area (Å²) in [5.41, 5.74) is 0.0878. The number of aromatic nitrogens is 1. The van der Waals surface area contributed by atoms with Gasteiger partial charge >= 0.3 is 5.97 Å². The summed E-state index contributed by atoms with van der Waals surface area (Å²) >= 11 is 3.26. The molecule has 1 heterocycles. The van der Waals surface area contributed by atoms with Gasteiger partial charge in [-0.05, 0) is 28.4 Å². The molecule has 7 heteroatoms. The van der Waals surface area contributed by atoms with Gasteiger partial charge in [0.1, 0.15) is 12.1 Å². The van der Waals surface area contributed by atoms with E-state index < -0.39 is 24.0 Å². The Morgan fingerprint density at radius 3 is 2.72 bits per heavy atom. The average Bonchev–Trinajstić information content (AvgIpc) is 2.30. The molecule has 0 atom stereocenters. The Bertz CT molecular complexity index is 524. The minimum Gasteiger partial charge on any atom is -0.480 e. The lowest BCUT2D eigenvalue weighted by Crippen LogP contribution is -2.33. The summed E-state index contributed by atoms with van der Waals surface area (Å²) in [5, 5.41) is 10.6. The molecule has 3 N–H and O–H groups in total. The molecular weight excluding hydrogens is 304 g/mol. The van der Waals surface area contributed by atoms with Crippen LogP contribution in [0.4, 0.5) is 0 Å². The van der Waals surface area contributed by atoms with E-state index in [4.69, 9.17) is 5.11 Å². The van der Waals surface area contributed by atoms with Crippen molar-refractivity contribution in [3.63, 3.8) is 0 Å². The molecule has 0 unspecified atom stereocenters. The number of carboxylic acid groups (broad SMARTS) is 1. The third-order valence-electron chi connectivity index (χ3n) is 2.21. The summed E-state index contributed by atoms with van der Waals surface area (Å²) in [6.45, 7) is 1.45. The fourth-order valence-electron chi connectivity index (χ4n) is 1.40. The number of carboxylic acids is 1. The molecular formula is C11H13BrN2O4. The fraction of sp³-hybridized carbons (Fsp3) is 0.364. The van der Waals surface area contributed by atoms with E-state index in [-0.39, 0.29) is 5.56 Å². The van der Waals surface area contributed by atoms with Crippen LogP contribution in [0.1, 0.15) is 29.4 Å². The molecule has 1 amide bonds. The standard InChI is InChI=1S/C11H13BrN2O4/c1-2-3-8-7(12)4-6(11(18)14-8)10(17)13-5-9(15)16/h4H,2-3,5H2,1H3,(H,13,17)(H,14,18)(H,15,16). The zero-order valence-corrected chi connectivity index (χ0v) is 11.3. The van der Waals surface area contributed by atoms with Gasteiger partial charge in [-0.1, -0.05) is 13.3 Å². The number of nitrogens with one attached hydrogen (secondary N) is 2. The number of halogens is 1. The van der Waals surface area contributed by atoms with E-state index in [1.54, 1.807) is 0 Å². The molecule has 1 rings (SSSR count). The number of hydrogen-bond acceptors (Lipinski definition) is 3. The molecule has 98 valence electrons. The van der Waals surface area contributed by atoms with Crippen LogP contribution in [0, 0.1) is 0 Å². The molecule has 1 aromatic heterocycles. The lowest BCUT2D eigenvalue weighted by molar-refractivity contribution is -0.135. The van der Waals surface area contributed by atoms with Gasteiger partial charge in [0, 0.05) is 10.2 Å². The molecule has 18 heavy (non-hydrogen) atoms. The normalized spacial score (nSPS) is 10.1. The number of pyridine rings is 1. The second-order valence-corrected chi connectivity index (χ2v) is 4.52. The summed E-state index contributed by atoms with van der Waals surface area (Å²) < 4.78 is 0.629. The Balaban J connectivity index is 2.97. The first-order valence-electron chi connectivity index (χ1n) is 5.37. The number of amides is 1. The van der Waals surface area contributed by atoms with Crippen LogP contribution in [0.15, 0.2) is 15.3 Å². The molecule has 0 radical (unpaired) electrons. The SMILES string of the molecule is CCCc1[nH]c(=O)c(C(=O)NCC(=O)O)cc1Br. The van der Waals surface area contributed by atoms with Crippen LogP contribution in [0.5, 0.6) is 0 Å². The molecule has 0 fully saturated rings. The lowest BCUT2D eigenvalue weighted by atomic mass is 10.2. The first-order chi connectivity index (χ1) is 8.45. The highest BCUT2D eigenvalue weighted by atomic mass is 79.9. The third-order valence-corrected chi connectivity index (χ3v) is 2.92. The fourth-order valence-corrected chi connectivity index (χ4v) is 1.92. The Morgan fingerprint density at radius 1 is 1.50 bits per heavy atom. The van der Waals surface area contributed by atoms with Crippen molar-refractivity contribution in [3.05, 3.63) is 32.2 Å². The predicted molar refractivity (Wildman–Crippen MR) is 68.7 cm³/mol. The molecule has 0 saturated carbocycles. The number of hydrogen-bond donors (Lipinski definition) is 3. The Kier molecular flexibility index (Phi) is 5.08. The van der Waals surface area contributed by atoms with Crippen LogP contribution in [0.2, 0.25) is 0 Å². The van der Waals surface area contributed by atoms with E-state index in [2.05, 4.69) is 26.2 Å². The monoisotopic (exact) mass is 316 g/mol. The molecule has 6 nitrogen and oxygen atoms in total. The Labute approximate surface area is 112 Å². The molecule has 0 aliphatic carbocycles. The zero-order chi connectivity index (χ0) is 13.7. The molecule has 0 saturated heterocycles. The summed E-state index contributed by atoms with van der Waals surface area (Å²) in [7, 11) is 0. The van der Waals surface area contributed by atoms with Crippen LogP contribution in [-0.4, -0.2) is 28.5 Å². The third kappa shape index (κ3) is 3.69. The molecule has 0 aliphatic heterocycles. The quantitative estimate of drug-likeness (QED) is 0.751. The van der Waals surface area contributed by atoms with Gasteiger partial charge in [0.05, 0.1) is 0 Å². The van der Waals surface area contributed by atoms with Crippen molar-refractivity contribution in [2.75, 3.05) is 6.54 Å². The summed E-state index contributed by atoms with van der Waals surface area (Å²) in [5.74, 6) is -1.87. The number of carbonyl (C=O) groups excluding carboxylic acids is 1. The van der Waals surface area contributed by atoms with Gasteiger partial charge in [-0.25, -0.2) is 0 Å². The smallest absolute Gasteiger partial charge is 0.322 e. The summed E-state index contributed by atoms with van der Waals surface area (Å²) in [4.78, 5) is 36.2. The minimum absolute atomic E-state index is 0.108. The largest absolute Gasteiger partial charge is 0.480 e. The molecule has 0 bridgehead atoms. The van der Waals surface area contributed by atoms with E-state index in [0.717, 1.165) is 12.1 Å². The van der Waals surface area contributed by atoms with Crippen molar-refractivity contribution in [1.82, 2.24) is 10.3 Å². The van der Waals surface area contributed by atoms with Gasteiger partial charge in [0.2, 0.25) is 0 Å². The van der Waals surface area contributed by atoms with Crippen molar-refractivity contribution < 1.29 is 14.7 Å². The van der Waals surface area contributed by atoms with E-state index in [0.29, 0.717) is 10.9 Å².